The summed E-state index contributed by atoms with van der Waals surface area (Å²) in [5, 5.41) is 24.5. The van der Waals surface area contributed by atoms with Crippen LogP contribution in [0.15, 0.2) is 30.5 Å². The second-order valence-electron chi connectivity index (χ2n) is 8.51. The van der Waals surface area contributed by atoms with E-state index < -0.39 is 28.6 Å². The Morgan fingerprint density at radius 1 is 1.30 bits per heavy atom. The number of pyridine rings is 1. The Morgan fingerprint density at radius 3 is 2.60 bits per heavy atom. The molecule has 3 N–H and O–H groups in total. The van der Waals surface area contributed by atoms with E-state index in [9.17, 15) is 19.1 Å². The summed E-state index contributed by atoms with van der Waals surface area (Å²) in [6.07, 6.45) is 2.27. The number of anilines is 1. The van der Waals surface area contributed by atoms with Crippen LogP contribution in [0.3, 0.4) is 0 Å². The zero-order valence-electron chi connectivity index (χ0n) is 17.0. The molecule has 0 saturated heterocycles. The summed E-state index contributed by atoms with van der Waals surface area (Å²) in [5.74, 6) is -1.65. The Hall–Kier alpha value is -3.47. The Balaban J connectivity index is 1.69. The van der Waals surface area contributed by atoms with Crippen molar-refractivity contribution in [2.45, 2.75) is 51.0 Å². The SMILES string of the molecule is CC(C)(C)c1cc(F)c(CC(=O)Nc2ccnc(C(=O)NC3(C#N)CC3)c2)cc1O. The molecule has 2 aromatic rings. The van der Waals surface area contributed by atoms with E-state index in [1.807, 2.05) is 20.8 Å². The van der Waals surface area contributed by atoms with E-state index in [0.717, 1.165) is 0 Å². The Bertz CT molecular complexity index is 1050. The number of aromatic nitrogens is 1. The lowest BCUT2D eigenvalue weighted by Crippen LogP contribution is -2.36. The van der Waals surface area contributed by atoms with Crippen molar-refractivity contribution in [3.63, 3.8) is 0 Å². The minimum atomic E-state index is -0.823. The third-order valence-electron chi connectivity index (χ3n) is 4.92. The molecule has 7 nitrogen and oxygen atoms in total. The second kappa shape index (κ2) is 7.75. The highest BCUT2D eigenvalue weighted by atomic mass is 19.1. The van der Waals surface area contributed by atoms with Crippen molar-refractivity contribution in [3.8, 4) is 11.8 Å². The molecule has 0 radical (unpaired) electrons. The smallest absolute Gasteiger partial charge is 0.271 e. The van der Waals surface area contributed by atoms with Crippen molar-refractivity contribution in [2.24, 2.45) is 0 Å². The number of carbonyl (C=O) groups is 2. The van der Waals surface area contributed by atoms with Gasteiger partial charge in [-0.1, -0.05) is 20.8 Å². The number of nitriles is 1. The molecule has 0 unspecified atom stereocenters. The van der Waals surface area contributed by atoms with Gasteiger partial charge in [-0.15, -0.1) is 0 Å². The molecule has 3 rings (SSSR count). The van der Waals surface area contributed by atoms with Crippen LogP contribution >= 0.6 is 0 Å². The number of nitrogens with one attached hydrogen (secondary N) is 2. The first kappa shape index (κ1) is 21.2. The van der Waals surface area contributed by atoms with Gasteiger partial charge in [-0.2, -0.15) is 5.26 Å². The third-order valence-corrected chi connectivity index (χ3v) is 4.92. The van der Waals surface area contributed by atoms with Crippen molar-refractivity contribution >= 4 is 17.5 Å². The lowest BCUT2D eigenvalue weighted by Gasteiger charge is -2.21. The van der Waals surface area contributed by atoms with Crippen LogP contribution in [0.4, 0.5) is 10.1 Å². The quantitative estimate of drug-likeness (QED) is 0.700. The number of phenols is 1. The predicted molar refractivity (Wildman–Crippen MR) is 108 cm³/mol. The van der Waals surface area contributed by atoms with Gasteiger partial charge in [0.15, 0.2) is 0 Å². The van der Waals surface area contributed by atoms with Gasteiger partial charge >= 0.3 is 0 Å². The van der Waals surface area contributed by atoms with Crippen LogP contribution in [0.2, 0.25) is 0 Å². The molecule has 156 valence electrons. The number of amides is 2. The van der Waals surface area contributed by atoms with Crippen LogP contribution in [0.25, 0.3) is 0 Å². The largest absolute Gasteiger partial charge is 0.508 e. The molecule has 0 aliphatic heterocycles. The summed E-state index contributed by atoms with van der Waals surface area (Å²) in [5.41, 5.74) is -0.360. The number of phenolic OH excluding ortho intramolecular Hbond substituents is 1. The van der Waals surface area contributed by atoms with Gasteiger partial charge in [-0.05, 0) is 42.5 Å². The van der Waals surface area contributed by atoms with Gasteiger partial charge in [0.1, 0.15) is 22.8 Å². The molecule has 8 heteroatoms. The maximum absolute atomic E-state index is 14.4. The van der Waals surface area contributed by atoms with Crippen molar-refractivity contribution in [3.05, 3.63) is 53.1 Å². The normalized spacial score (nSPS) is 14.5. The van der Waals surface area contributed by atoms with E-state index in [2.05, 4.69) is 21.7 Å². The number of aromatic hydroxyl groups is 1. The first-order valence-corrected chi connectivity index (χ1v) is 9.54. The maximum atomic E-state index is 14.4. The number of benzene rings is 1. The summed E-state index contributed by atoms with van der Waals surface area (Å²) in [6.45, 7) is 5.56. The van der Waals surface area contributed by atoms with E-state index in [0.29, 0.717) is 24.1 Å². The van der Waals surface area contributed by atoms with Gasteiger partial charge in [-0.3, -0.25) is 14.6 Å². The fraction of sp³-hybridized carbons (Fsp3) is 0.364. The Labute approximate surface area is 173 Å². The molecule has 1 heterocycles. The molecule has 0 spiro atoms. The van der Waals surface area contributed by atoms with Crippen LogP contribution in [-0.2, 0) is 16.6 Å². The van der Waals surface area contributed by atoms with E-state index in [4.69, 9.17) is 5.26 Å². The summed E-state index contributed by atoms with van der Waals surface area (Å²) >= 11 is 0. The fourth-order valence-electron chi connectivity index (χ4n) is 3.02. The van der Waals surface area contributed by atoms with Crippen molar-refractivity contribution in [2.75, 3.05) is 5.32 Å². The van der Waals surface area contributed by atoms with Gasteiger partial charge < -0.3 is 15.7 Å². The Morgan fingerprint density at radius 2 is 2.00 bits per heavy atom. The Kier molecular flexibility index (Phi) is 5.49. The average molecular weight is 410 g/mol. The predicted octanol–water partition coefficient (Wildman–Crippen LogP) is 3.19. The third kappa shape index (κ3) is 4.74. The van der Waals surface area contributed by atoms with Crippen LogP contribution in [0.1, 0.15) is 55.2 Å². The highest BCUT2D eigenvalue weighted by Gasteiger charge is 2.44. The number of hydrogen-bond acceptors (Lipinski definition) is 5. The minimum Gasteiger partial charge on any atom is -0.508 e. The van der Waals surface area contributed by atoms with Crippen LogP contribution < -0.4 is 10.6 Å². The maximum Gasteiger partial charge on any atom is 0.271 e. The fourth-order valence-corrected chi connectivity index (χ4v) is 3.02. The standard InChI is InChI=1S/C22H23FN4O3/c1-21(2,3)15-11-16(23)13(8-18(15)28)9-19(29)26-14-4-7-25-17(10-14)20(30)27-22(12-24)5-6-22/h4,7-8,10-11,28H,5-6,9H2,1-3H3,(H,27,30)(H,25,26,29). The molecule has 0 atom stereocenters. The molecule has 1 aliphatic carbocycles. The molecule has 1 aliphatic rings. The summed E-state index contributed by atoms with van der Waals surface area (Å²) in [6, 6.07) is 7.46. The zero-order chi connectivity index (χ0) is 22.1. The molecular formula is C22H23FN4O3. The number of carbonyl (C=O) groups excluding carboxylic acids is 2. The summed E-state index contributed by atoms with van der Waals surface area (Å²) < 4.78 is 14.4. The van der Waals surface area contributed by atoms with Gasteiger partial charge in [0.25, 0.3) is 5.91 Å². The van der Waals surface area contributed by atoms with Crippen LogP contribution in [0.5, 0.6) is 5.75 Å². The van der Waals surface area contributed by atoms with Crippen LogP contribution in [-0.4, -0.2) is 27.4 Å². The molecule has 1 aromatic carbocycles. The van der Waals surface area contributed by atoms with Crippen molar-refractivity contribution < 1.29 is 19.1 Å². The molecule has 1 aromatic heterocycles. The molecule has 2 amide bonds. The second-order valence-corrected chi connectivity index (χ2v) is 8.51. The van der Waals surface area contributed by atoms with Gasteiger partial charge in [0.05, 0.1) is 12.5 Å². The monoisotopic (exact) mass is 410 g/mol. The molecule has 0 bridgehead atoms. The highest BCUT2D eigenvalue weighted by Crippen LogP contribution is 2.34. The first-order valence-electron chi connectivity index (χ1n) is 9.54. The van der Waals surface area contributed by atoms with E-state index in [-0.39, 0.29) is 23.4 Å². The minimum absolute atomic E-state index is 0.0627. The molecular weight excluding hydrogens is 387 g/mol. The van der Waals surface area contributed by atoms with E-state index in [1.165, 1.54) is 30.5 Å². The molecule has 1 saturated carbocycles. The van der Waals surface area contributed by atoms with Crippen molar-refractivity contribution in [1.82, 2.24) is 10.3 Å². The van der Waals surface area contributed by atoms with Gasteiger partial charge in [-0.25, -0.2) is 4.39 Å². The topological polar surface area (TPSA) is 115 Å². The number of hydrogen-bond donors (Lipinski definition) is 3. The van der Waals surface area contributed by atoms with Gasteiger partial charge in [0, 0.05) is 23.0 Å². The average Bonchev–Trinajstić information content (AvgIpc) is 3.43. The highest BCUT2D eigenvalue weighted by molar-refractivity contribution is 5.96. The van der Waals surface area contributed by atoms with E-state index >= 15 is 0 Å². The van der Waals surface area contributed by atoms with Gasteiger partial charge in [0.2, 0.25) is 5.91 Å². The molecule has 30 heavy (non-hydrogen) atoms. The number of rotatable bonds is 5. The molecule has 1 fully saturated rings. The first-order chi connectivity index (χ1) is 14.0. The van der Waals surface area contributed by atoms with E-state index in [1.54, 1.807) is 0 Å². The lowest BCUT2D eigenvalue weighted by atomic mass is 9.85. The summed E-state index contributed by atoms with van der Waals surface area (Å²) in [4.78, 5) is 28.6. The van der Waals surface area contributed by atoms with Crippen molar-refractivity contribution in [1.29, 1.82) is 5.26 Å². The summed E-state index contributed by atoms with van der Waals surface area (Å²) in [7, 11) is 0. The van der Waals surface area contributed by atoms with Crippen LogP contribution in [0, 0.1) is 17.1 Å². The number of halogens is 1. The zero-order valence-corrected chi connectivity index (χ0v) is 17.0. The lowest BCUT2D eigenvalue weighted by molar-refractivity contribution is -0.115. The number of nitrogens with zero attached hydrogens (tertiary/aromatic N) is 2.